The van der Waals surface area contributed by atoms with Gasteiger partial charge in [-0.2, -0.15) is 0 Å². The molecule has 1 amide bonds. The van der Waals surface area contributed by atoms with Crippen LogP contribution in [0.25, 0.3) is 0 Å². The zero-order valence-electron chi connectivity index (χ0n) is 12.9. The molecule has 1 unspecified atom stereocenters. The quantitative estimate of drug-likeness (QED) is 0.501. The molecule has 0 aliphatic carbocycles. The number of carbonyl (C=O) groups excluding carboxylic acids is 1. The lowest BCUT2D eigenvalue weighted by Gasteiger charge is -2.06. The minimum atomic E-state index is -0.326. The first-order chi connectivity index (χ1) is 9.16. The van der Waals surface area contributed by atoms with Gasteiger partial charge in [0.25, 0.3) is 0 Å². The van der Waals surface area contributed by atoms with E-state index in [2.05, 4.69) is 12.2 Å². The van der Waals surface area contributed by atoms with Crippen LogP contribution in [0.3, 0.4) is 0 Å². The maximum Gasteiger partial charge on any atom is 0.219 e. The Hall–Kier alpha value is -0.570. The fraction of sp³-hybridized carbons (Fsp3) is 0.938. The van der Waals surface area contributed by atoms with Crippen LogP contribution in [0.5, 0.6) is 0 Å². The molecule has 0 aromatic carbocycles. The normalized spacial score (nSPS) is 12.4. The number of rotatable bonds is 13. The second kappa shape index (κ2) is 13.9. The molecule has 0 aliphatic heterocycles. The predicted octanol–water partition coefficient (Wildman–Crippen LogP) is 3.79. The summed E-state index contributed by atoms with van der Waals surface area (Å²) in [5, 5.41) is 11.9. The van der Waals surface area contributed by atoms with Gasteiger partial charge in [0.2, 0.25) is 5.91 Å². The van der Waals surface area contributed by atoms with Crippen LogP contribution >= 0.6 is 0 Å². The molecule has 0 spiro atoms. The van der Waals surface area contributed by atoms with Gasteiger partial charge < -0.3 is 10.4 Å². The van der Waals surface area contributed by atoms with Gasteiger partial charge >= 0.3 is 0 Å². The van der Waals surface area contributed by atoms with Crippen molar-refractivity contribution in [2.75, 3.05) is 6.54 Å². The number of aliphatic hydroxyl groups is 1. The van der Waals surface area contributed by atoms with Crippen LogP contribution in [0.2, 0.25) is 0 Å². The first kappa shape index (κ1) is 18.4. The Labute approximate surface area is 119 Å². The van der Waals surface area contributed by atoms with Crippen LogP contribution < -0.4 is 5.32 Å². The molecule has 0 radical (unpaired) electrons. The van der Waals surface area contributed by atoms with Gasteiger partial charge in [-0.25, -0.2) is 0 Å². The third-order valence-electron chi connectivity index (χ3n) is 3.39. The maximum absolute atomic E-state index is 11.4. The number of carbonyl (C=O) groups is 1. The molecule has 0 aromatic rings. The van der Waals surface area contributed by atoms with Crippen molar-refractivity contribution < 1.29 is 9.90 Å². The summed E-state index contributed by atoms with van der Waals surface area (Å²) < 4.78 is 0. The summed E-state index contributed by atoms with van der Waals surface area (Å²) in [6, 6.07) is 0. The van der Waals surface area contributed by atoms with Gasteiger partial charge in [0, 0.05) is 13.0 Å². The van der Waals surface area contributed by atoms with Crippen molar-refractivity contribution in [2.24, 2.45) is 0 Å². The van der Waals surface area contributed by atoms with Gasteiger partial charge in [0.15, 0.2) is 0 Å². The smallest absolute Gasteiger partial charge is 0.219 e. The number of nitrogens with one attached hydrogen (secondary N) is 1. The fourth-order valence-corrected chi connectivity index (χ4v) is 2.11. The van der Waals surface area contributed by atoms with Gasteiger partial charge in [0.1, 0.15) is 0 Å². The molecule has 3 heteroatoms. The molecule has 0 aliphatic rings. The number of hydrogen-bond acceptors (Lipinski definition) is 2. The average Bonchev–Trinajstić information content (AvgIpc) is 2.36. The minimum Gasteiger partial charge on any atom is -0.393 e. The van der Waals surface area contributed by atoms with E-state index in [4.69, 9.17) is 5.11 Å². The number of hydrogen-bond donors (Lipinski definition) is 2. The summed E-state index contributed by atoms with van der Waals surface area (Å²) in [6.45, 7) is 4.58. The van der Waals surface area contributed by atoms with Gasteiger partial charge in [-0.3, -0.25) is 4.79 Å². The van der Waals surface area contributed by atoms with E-state index in [1.807, 2.05) is 0 Å². The van der Waals surface area contributed by atoms with E-state index < -0.39 is 0 Å². The molecule has 0 heterocycles. The van der Waals surface area contributed by atoms with Crippen molar-refractivity contribution in [3.05, 3.63) is 0 Å². The Morgan fingerprint density at radius 3 is 2.05 bits per heavy atom. The van der Waals surface area contributed by atoms with E-state index in [9.17, 15) is 4.79 Å². The summed E-state index contributed by atoms with van der Waals surface area (Å²) >= 11 is 0. The Balaban J connectivity index is 3.14. The topological polar surface area (TPSA) is 49.3 Å². The first-order valence-corrected chi connectivity index (χ1v) is 8.11. The monoisotopic (exact) mass is 271 g/mol. The van der Waals surface area contributed by atoms with E-state index in [1.54, 1.807) is 6.92 Å². The van der Waals surface area contributed by atoms with Gasteiger partial charge in [0.05, 0.1) is 6.10 Å². The molecule has 0 saturated heterocycles. The lowest BCUT2D eigenvalue weighted by atomic mass is 10.1. The zero-order chi connectivity index (χ0) is 14.3. The van der Waals surface area contributed by atoms with Gasteiger partial charge in [-0.05, 0) is 19.8 Å². The highest BCUT2D eigenvalue weighted by Crippen LogP contribution is 2.10. The number of unbranched alkanes of at least 4 members (excludes halogenated alkanes) is 8. The summed E-state index contributed by atoms with van der Waals surface area (Å²) in [6.07, 6.45) is 12.5. The van der Waals surface area contributed by atoms with Crippen molar-refractivity contribution >= 4 is 5.91 Å². The first-order valence-electron chi connectivity index (χ1n) is 8.11. The highest BCUT2D eigenvalue weighted by Gasteiger charge is 2.01. The molecular weight excluding hydrogens is 238 g/mol. The highest BCUT2D eigenvalue weighted by atomic mass is 16.3. The largest absolute Gasteiger partial charge is 0.393 e. The summed E-state index contributed by atoms with van der Waals surface area (Å²) in [4.78, 5) is 11.4. The third-order valence-corrected chi connectivity index (χ3v) is 3.39. The molecule has 0 aromatic heterocycles. The summed E-state index contributed by atoms with van der Waals surface area (Å²) in [5.41, 5.74) is 0. The van der Waals surface area contributed by atoms with Gasteiger partial charge in [-0.1, -0.05) is 58.3 Å². The molecule has 0 fully saturated rings. The van der Waals surface area contributed by atoms with Crippen molar-refractivity contribution in [1.29, 1.82) is 0 Å². The average molecular weight is 271 g/mol. The maximum atomic E-state index is 11.4. The summed E-state index contributed by atoms with van der Waals surface area (Å²) in [7, 11) is 0. The SMILES string of the molecule is CCCCCCCCCCCC(=O)NCCC(C)O. The van der Waals surface area contributed by atoms with E-state index in [1.165, 1.54) is 44.9 Å². The third kappa shape index (κ3) is 15.4. The van der Waals surface area contributed by atoms with Crippen LogP contribution in [0.15, 0.2) is 0 Å². The molecule has 19 heavy (non-hydrogen) atoms. The highest BCUT2D eigenvalue weighted by molar-refractivity contribution is 5.75. The summed E-state index contributed by atoms with van der Waals surface area (Å²) in [5.74, 6) is 0.128. The van der Waals surface area contributed by atoms with Crippen molar-refractivity contribution in [2.45, 2.75) is 90.6 Å². The minimum absolute atomic E-state index is 0.128. The lowest BCUT2D eigenvalue weighted by molar-refractivity contribution is -0.121. The van der Waals surface area contributed by atoms with Crippen LogP contribution in [-0.4, -0.2) is 23.7 Å². The number of amides is 1. The molecule has 0 saturated carbocycles. The van der Waals surface area contributed by atoms with Crippen LogP contribution in [0.1, 0.15) is 84.5 Å². The Bertz CT molecular complexity index is 205. The van der Waals surface area contributed by atoms with Crippen molar-refractivity contribution in [3.8, 4) is 0 Å². The molecule has 114 valence electrons. The second-order valence-corrected chi connectivity index (χ2v) is 5.57. The molecule has 2 N–H and O–H groups in total. The van der Waals surface area contributed by atoms with E-state index >= 15 is 0 Å². The zero-order valence-corrected chi connectivity index (χ0v) is 12.9. The van der Waals surface area contributed by atoms with E-state index in [-0.39, 0.29) is 12.0 Å². The molecule has 0 rings (SSSR count). The molecule has 0 bridgehead atoms. The van der Waals surface area contributed by atoms with Crippen LogP contribution in [0.4, 0.5) is 0 Å². The molecule has 3 nitrogen and oxygen atoms in total. The Kier molecular flexibility index (Phi) is 13.4. The number of aliphatic hydroxyl groups excluding tert-OH is 1. The lowest BCUT2D eigenvalue weighted by Crippen LogP contribution is -2.26. The van der Waals surface area contributed by atoms with Crippen LogP contribution in [-0.2, 0) is 4.79 Å². The van der Waals surface area contributed by atoms with E-state index in [0.29, 0.717) is 19.4 Å². The van der Waals surface area contributed by atoms with Crippen LogP contribution in [0, 0.1) is 0 Å². The van der Waals surface area contributed by atoms with Crippen molar-refractivity contribution in [1.82, 2.24) is 5.32 Å². The molecule has 1 atom stereocenters. The molecular formula is C16H33NO2. The second-order valence-electron chi connectivity index (χ2n) is 5.57. The Morgan fingerprint density at radius 2 is 1.53 bits per heavy atom. The Morgan fingerprint density at radius 1 is 1.00 bits per heavy atom. The standard InChI is InChI=1S/C16H33NO2/c1-3-4-5-6-7-8-9-10-11-12-16(19)17-14-13-15(2)18/h15,18H,3-14H2,1-2H3,(H,17,19). The van der Waals surface area contributed by atoms with Gasteiger partial charge in [-0.15, -0.1) is 0 Å². The predicted molar refractivity (Wildman–Crippen MR) is 81.2 cm³/mol. The van der Waals surface area contributed by atoms with E-state index in [0.717, 1.165) is 12.8 Å². The van der Waals surface area contributed by atoms with Crippen molar-refractivity contribution in [3.63, 3.8) is 0 Å². The fourth-order valence-electron chi connectivity index (χ4n) is 2.11.